The summed E-state index contributed by atoms with van der Waals surface area (Å²) in [6.07, 6.45) is 3.21. The van der Waals surface area contributed by atoms with Gasteiger partial charge in [-0.2, -0.15) is 25.3 Å². The van der Waals surface area contributed by atoms with Crippen molar-refractivity contribution in [3.63, 3.8) is 0 Å². The van der Waals surface area contributed by atoms with Crippen LogP contribution in [0.5, 0.6) is 5.75 Å². The average Bonchev–Trinajstić information content (AvgIpc) is 3.44. The molecule has 1 aliphatic heterocycles. The Labute approximate surface area is 316 Å². The lowest BCUT2D eigenvalue weighted by Gasteiger charge is -2.26. The molecule has 53 heavy (non-hydrogen) atoms. The summed E-state index contributed by atoms with van der Waals surface area (Å²) >= 11 is 12.6. The zero-order valence-corrected chi connectivity index (χ0v) is 32.2. The summed E-state index contributed by atoms with van der Waals surface area (Å²) in [6.45, 7) is 4.90. The van der Waals surface area contributed by atoms with Crippen LogP contribution in [0.25, 0.3) is 27.8 Å². The van der Waals surface area contributed by atoms with E-state index in [9.17, 15) is 30.0 Å². The van der Waals surface area contributed by atoms with Crippen LogP contribution < -0.4 is 9.61 Å². The lowest BCUT2D eigenvalue weighted by molar-refractivity contribution is 0.0744. The summed E-state index contributed by atoms with van der Waals surface area (Å²) in [6, 6.07) is 19.1. The van der Waals surface area contributed by atoms with Gasteiger partial charge in [0, 0.05) is 40.1 Å². The van der Waals surface area contributed by atoms with E-state index in [4.69, 9.17) is 36.5 Å². The summed E-state index contributed by atoms with van der Waals surface area (Å²) in [5.41, 5.74) is 5.10. The third kappa shape index (κ3) is 9.54. The summed E-state index contributed by atoms with van der Waals surface area (Å²) in [7, 11) is -12.6. The van der Waals surface area contributed by atoms with Crippen LogP contribution in [-0.2, 0) is 30.4 Å². The van der Waals surface area contributed by atoms with E-state index in [0.717, 1.165) is 44.5 Å². The lowest BCUT2D eigenvalue weighted by atomic mass is 10.1. The highest BCUT2D eigenvalue weighted by Crippen LogP contribution is 2.34. The van der Waals surface area contributed by atoms with Crippen LogP contribution in [0, 0.1) is 6.92 Å². The second-order valence-corrected chi connectivity index (χ2v) is 17.3. The molecule has 0 spiro atoms. The Morgan fingerprint density at radius 3 is 1.91 bits per heavy atom. The van der Waals surface area contributed by atoms with Gasteiger partial charge in [0.2, 0.25) is 0 Å². The molecule has 0 radical (unpaired) electrons. The molecule has 5 aromatic rings. The fourth-order valence-electron chi connectivity index (χ4n) is 5.64. The van der Waals surface area contributed by atoms with Crippen molar-refractivity contribution >= 4 is 70.2 Å². The van der Waals surface area contributed by atoms with Gasteiger partial charge in [-0.15, -0.1) is 0 Å². The maximum Gasteiger partial charge on any atom is 0.308 e. The number of nitrogens with zero attached hydrogens (tertiary/aromatic N) is 3. The molecule has 2 heterocycles. The van der Waals surface area contributed by atoms with Crippen LogP contribution in [0.1, 0.15) is 42.4 Å². The summed E-state index contributed by atoms with van der Waals surface area (Å²) < 4.78 is 93.2. The first-order valence-electron chi connectivity index (χ1n) is 16.0. The first kappa shape index (κ1) is 40.1. The van der Waals surface area contributed by atoms with Gasteiger partial charge in [0.15, 0.2) is 5.69 Å². The molecule has 4 aromatic carbocycles. The molecule has 0 atom stereocenters. The van der Waals surface area contributed by atoms with Crippen LogP contribution in [0.2, 0.25) is 10.0 Å². The number of halogens is 2. The van der Waals surface area contributed by atoms with Crippen molar-refractivity contribution in [2.45, 2.75) is 42.9 Å². The number of amides is 1. The molecule has 3 N–H and O–H groups in total. The molecule has 1 aromatic heterocycles. The lowest BCUT2D eigenvalue weighted by Crippen LogP contribution is -2.45. The van der Waals surface area contributed by atoms with Crippen LogP contribution in [-0.4, -0.2) is 73.7 Å². The van der Waals surface area contributed by atoms with Crippen LogP contribution in [0.15, 0.2) is 88.7 Å². The van der Waals surface area contributed by atoms with E-state index >= 15 is 0 Å². The van der Waals surface area contributed by atoms with Crippen LogP contribution >= 0.6 is 23.2 Å². The third-order valence-electron chi connectivity index (χ3n) is 8.18. The van der Waals surface area contributed by atoms with Crippen molar-refractivity contribution < 1.29 is 43.3 Å². The number of hydrogen-bond donors (Lipinski definition) is 3. The second kappa shape index (κ2) is 16.1. The maximum atomic E-state index is 13.2. The Kier molecular flexibility index (Phi) is 12.2. The molecule has 1 fully saturated rings. The van der Waals surface area contributed by atoms with Crippen LogP contribution in [0.4, 0.5) is 0 Å². The molecule has 0 unspecified atom stereocenters. The molecule has 6 rings (SSSR count). The Bertz CT molecular complexity index is 2430. The van der Waals surface area contributed by atoms with Crippen molar-refractivity contribution in [1.29, 1.82) is 0 Å². The normalized spacial score (nSPS) is 14.0. The molecule has 282 valence electrons. The van der Waals surface area contributed by atoms with E-state index in [2.05, 4.69) is 10.4 Å². The van der Waals surface area contributed by atoms with Gasteiger partial charge in [-0.25, -0.2) is 9.99 Å². The predicted molar refractivity (Wildman–Crippen MR) is 200 cm³/mol. The molecule has 1 amide bonds. The highest BCUT2D eigenvalue weighted by atomic mass is 35.5. The number of fused-ring (bicyclic) bond motifs is 1. The van der Waals surface area contributed by atoms with E-state index in [0.29, 0.717) is 32.8 Å². The smallest absolute Gasteiger partial charge is 0.308 e. The second-order valence-electron chi connectivity index (χ2n) is 11.8. The molecule has 1 saturated heterocycles. The Morgan fingerprint density at radius 1 is 0.830 bits per heavy atom. The number of hydrogen-bond acceptors (Lipinski definition) is 10. The Morgan fingerprint density at radius 2 is 1.40 bits per heavy atom. The van der Waals surface area contributed by atoms with Crippen molar-refractivity contribution in [2.75, 3.05) is 18.8 Å². The number of carbonyl (C=O) groups excluding carboxylic acids is 1. The van der Waals surface area contributed by atoms with Crippen molar-refractivity contribution in [3.8, 4) is 22.8 Å². The molecule has 0 aliphatic carbocycles. The van der Waals surface area contributed by atoms with E-state index in [1.807, 2.05) is 5.01 Å². The minimum absolute atomic E-state index is 0.0233. The predicted octanol–water partition coefficient (Wildman–Crippen LogP) is 6.35. The number of piperidine rings is 1. The molecule has 0 bridgehead atoms. The van der Waals surface area contributed by atoms with Crippen molar-refractivity contribution in [2.24, 2.45) is 0 Å². The number of benzene rings is 4. The molecular formula is C34H34Cl2N4O10S3. The van der Waals surface area contributed by atoms with Crippen LogP contribution in [0.3, 0.4) is 0 Å². The van der Waals surface area contributed by atoms with Crippen molar-refractivity contribution in [1.82, 2.24) is 20.0 Å². The van der Waals surface area contributed by atoms with E-state index < -0.39 is 40.1 Å². The Hall–Kier alpha value is -4.07. The van der Waals surface area contributed by atoms with E-state index in [1.165, 1.54) is 31.2 Å². The van der Waals surface area contributed by atoms with Gasteiger partial charge in [0.05, 0.1) is 16.5 Å². The van der Waals surface area contributed by atoms with Gasteiger partial charge in [-0.05, 0) is 81.3 Å². The Balaban J connectivity index is 0.000000252. The molecule has 0 saturated carbocycles. The van der Waals surface area contributed by atoms with Gasteiger partial charge < -0.3 is 4.18 Å². The minimum Gasteiger partial charge on any atom is -0.382 e. The average molecular weight is 826 g/mol. The first-order valence-corrected chi connectivity index (χ1v) is 21.2. The van der Waals surface area contributed by atoms with E-state index in [-0.39, 0.29) is 33.9 Å². The van der Waals surface area contributed by atoms with E-state index in [1.54, 1.807) is 54.0 Å². The molecule has 19 heteroatoms. The fraction of sp³-hybridized carbons (Fsp3) is 0.235. The number of imidazole rings is 1. The quantitative estimate of drug-likeness (QED) is 0.110. The summed E-state index contributed by atoms with van der Waals surface area (Å²) in [4.78, 5) is 17.0. The van der Waals surface area contributed by atoms with Gasteiger partial charge in [0.25, 0.3) is 26.1 Å². The zero-order valence-electron chi connectivity index (χ0n) is 28.2. The number of hydrazine groups is 1. The number of carbonyl (C=O) groups is 1. The summed E-state index contributed by atoms with van der Waals surface area (Å²) in [5.74, 6) is 0.221. The van der Waals surface area contributed by atoms with Gasteiger partial charge >= 0.3 is 10.1 Å². The number of aromatic nitrogens is 2. The minimum atomic E-state index is -4.47. The largest absolute Gasteiger partial charge is 0.382 e. The monoisotopic (exact) mass is 824 g/mol. The first-order chi connectivity index (χ1) is 24.9. The highest BCUT2D eigenvalue weighted by Gasteiger charge is 2.25. The van der Waals surface area contributed by atoms with Gasteiger partial charge in [-0.3, -0.25) is 23.9 Å². The summed E-state index contributed by atoms with van der Waals surface area (Å²) in [5, 5.41) is 2.83. The maximum absolute atomic E-state index is 13.2. The topological polar surface area (TPSA) is 202 Å². The zero-order chi connectivity index (χ0) is 38.7. The highest BCUT2D eigenvalue weighted by molar-refractivity contribution is 7.87. The SMILES string of the molecule is CCS(=O)(=O)Oc1ccc(-n2c(-c3ccc(Cl)cc3Cl)nc(C(=O)NN3CCCCC3)c2C)cc1.O=S(=O)(O)c1cccc2c(S(=O)(=O)O)cccc12. The van der Waals surface area contributed by atoms with Crippen molar-refractivity contribution in [3.05, 3.63) is 100 Å². The number of nitrogens with one attached hydrogen (secondary N) is 1. The third-order valence-corrected chi connectivity index (χ3v) is 11.7. The fourth-order valence-corrected chi connectivity index (χ4v) is 8.07. The standard InChI is InChI=1S/C24H26Cl2N4O4S.C10H8O6S2/c1-3-35(32,33)34-19-10-8-18(9-11-19)30-16(2)22(24(31)28-29-13-5-4-6-14-29)27-23(30)20-12-7-17(25)15-21(20)26;11-17(12,13)9-5-1-3-7-8(9)4-2-6-10(7)18(14,15)16/h7-12,15H,3-6,13-14H2,1-2H3,(H,28,31);1-6H,(H,11,12,13)(H,14,15,16). The molecule has 14 nitrogen and oxygen atoms in total. The molecular weight excluding hydrogens is 791 g/mol. The number of rotatable bonds is 9. The van der Waals surface area contributed by atoms with Gasteiger partial charge in [0.1, 0.15) is 21.4 Å². The van der Waals surface area contributed by atoms with Gasteiger partial charge in [-0.1, -0.05) is 53.9 Å². The molecule has 1 aliphatic rings.